The van der Waals surface area contributed by atoms with Gasteiger partial charge in [-0.15, -0.1) is 0 Å². The first kappa shape index (κ1) is 14.2. The summed E-state index contributed by atoms with van der Waals surface area (Å²) in [5.41, 5.74) is 5.81. The molecule has 7 heteroatoms. The van der Waals surface area contributed by atoms with Crippen molar-refractivity contribution in [3.63, 3.8) is 0 Å². The van der Waals surface area contributed by atoms with E-state index in [0.717, 1.165) is 13.0 Å². The molecule has 6 nitrogen and oxygen atoms in total. The van der Waals surface area contributed by atoms with Crippen molar-refractivity contribution in [3.8, 4) is 0 Å². The van der Waals surface area contributed by atoms with Crippen LogP contribution in [0.1, 0.15) is 20.3 Å². The van der Waals surface area contributed by atoms with Crippen LogP contribution in [0.15, 0.2) is 9.98 Å². The van der Waals surface area contributed by atoms with Gasteiger partial charge in [0.05, 0.1) is 6.61 Å². The van der Waals surface area contributed by atoms with Crippen LogP contribution in [0.2, 0.25) is 0 Å². The Labute approximate surface area is 107 Å². The molecule has 0 saturated heterocycles. The monoisotopic (exact) mass is 261 g/mol. The smallest absolute Gasteiger partial charge is 0.218 e. The van der Waals surface area contributed by atoms with Gasteiger partial charge in [-0.25, -0.2) is 9.41 Å². The van der Waals surface area contributed by atoms with E-state index < -0.39 is 6.29 Å². The van der Waals surface area contributed by atoms with Gasteiger partial charge in [0, 0.05) is 31.3 Å². The van der Waals surface area contributed by atoms with E-state index in [4.69, 9.17) is 22.2 Å². The van der Waals surface area contributed by atoms with Crippen LogP contribution in [-0.2, 0) is 4.74 Å². The lowest BCUT2D eigenvalue weighted by molar-refractivity contribution is 0.180. The normalized spacial score (nSPS) is 21.9. The number of amidine groups is 1. The van der Waals surface area contributed by atoms with E-state index in [-0.39, 0.29) is 5.92 Å². The van der Waals surface area contributed by atoms with Crippen molar-refractivity contribution in [1.82, 2.24) is 9.74 Å². The zero-order chi connectivity index (χ0) is 12.8. The van der Waals surface area contributed by atoms with Crippen molar-refractivity contribution in [2.24, 2.45) is 21.6 Å². The van der Waals surface area contributed by atoms with E-state index in [2.05, 4.69) is 22.2 Å². The Balaban J connectivity index is 2.77. The maximum Gasteiger partial charge on any atom is 0.218 e. The van der Waals surface area contributed by atoms with Crippen LogP contribution < -0.4 is 11.1 Å². The Kier molecular flexibility index (Phi) is 5.67. The van der Waals surface area contributed by atoms with E-state index in [0.29, 0.717) is 18.4 Å². The number of halogens is 1. The third-order valence-electron chi connectivity index (χ3n) is 2.31. The Morgan fingerprint density at radius 3 is 2.94 bits per heavy atom. The first-order valence-electron chi connectivity index (χ1n) is 5.70. The lowest BCUT2D eigenvalue weighted by atomic mass is 10.2. The van der Waals surface area contributed by atoms with Gasteiger partial charge in [-0.3, -0.25) is 5.73 Å². The first-order valence-corrected chi connectivity index (χ1v) is 6.03. The highest BCUT2D eigenvalue weighted by Gasteiger charge is 2.24. The molecule has 0 radical (unpaired) electrons. The van der Waals surface area contributed by atoms with E-state index in [9.17, 15) is 0 Å². The van der Waals surface area contributed by atoms with E-state index in [1.807, 2.05) is 6.92 Å². The molecule has 0 spiro atoms. The fourth-order valence-corrected chi connectivity index (χ4v) is 1.55. The van der Waals surface area contributed by atoms with Crippen LogP contribution in [0.4, 0.5) is 0 Å². The van der Waals surface area contributed by atoms with E-state index >= 15 is 0 Å². The first-order chi connectivity index (χ1) is 8.10. The van der Waals surface area contributed by atoms with Gasteiger partial charge < -0.3 is 10.1 Å². The minimum absolute atomic E-state index is 0.0924. The van der Waals surface area contributed by atoms with Crippen LogP contribution >= 0.6 is 11.8 Å². The van der Waals surface area contributed by atoms with Gasteiger partial charge in [-0.2, -0.15) is 4.99 Å². The number of hydrogen-bond acceptors (Lipinski definition) is 6. The number of methoxy groups -OCH3 is 1. The number of rotatable bonds is 5. The van der Waals surface area contributed by atoms with Crippen molar-refractivity contribution in [2.75, 3.05) is 20.3 Å². The number of nitrogens with two attached hydrogens (primary N) is 1. The number of nitrogens with one attached hydrogen (secondary N) is 1. The molecule has 0 amide bonds. The number of aliphatic imine (C=N–C) groups is 2. The molecular formula is C10H20ClN5O. The summed E-state index contributed by atoms with van der Waals surface area (Å²) in [7, 11) is 1.65. The fraction of sp³-hybridized carbons (Fsp3) is 0.800. The van der Waals surface area contributed by atoms with Crippen LogP contribution in [0.25, 0.3) is 0 Å². The summed E-state index contributed by atoms with van der Waals surface area (Å²) in [5.74, 6) is 1.30. The Bertz CT molecular complexity index is 307. The summed E-state index contributed by atoms with van der Waals surface area (Å²) in [4.78, 5) is 8.58. The number of guanidine groups is 1. The summed E-state index contributed by atoms with van der Waals surface area (Å²) in [5, 5.41) is 3.12. The molecule has 0 aromatic carbocycles. The third kappa shape index (κ3) is 3.83. The van der Waals surface area contributed by atoms with Gasteiger partial charge >= 0.3 is 0 Å². The molecule has 0 saturated carbocycles. The molecule has 0 aromatic rings. The average Bonchev–Trinajstić information content (AvgIpc) is 2.31. The second-order valence-corrected chi connectivity index (χ2v) is 4.29. The van der Waals surface area contributed by atoms with E-state index in [1.54, 1.807) is 7.11 Å². The number of nitrogens with zero attached hydrogens (tertiary/aromatic N) is 3. The van der Waals surface area contributed by atoms with Crippen molar-refractivity contribution < 1.29 is 4.74 Å². The highest BCUT2D eigenvalue weighted by Crippen LogP contribution is 2.12. The molecule has 1 aliphatic rings. The molecule has 17 heavy (non-hydrogen) atoms. The molecule has 1 rings (SSSR count). The largest absolute Gasteiger partial charge is 0.384 e. The Morgan fingerprint density at radius 1 is 1.65 bits per heavy atom. The third-order valence-corrected chi connectivity index (χ3v) is 2.67. The van der Waals surface area contributed by atoms with Crippen molar-refractivity contribution in [2.45, 2.75) is 26.6 Å². The van der Waals surface area contributed by atoms with Gasteiger partial charge in [0.1, 0.15) is 5.84 Å². The summed E-state index contributed by atoms with van der Waals surface area (Å²) in [6, 6.07) is 0. The quantitative estimate of drug-likeness (QED) is 0.716. The standard InChI is InChI=1S/C10H20ClN5O/c1-4-5-13-10-15-8(7(2)6-17-3)14-9(12)16(10)11/h7,9H,4-6,12H2,1-3H3,(H,13,14,15). The second kappa shape index (κ2) is 6.78. The van der Waals surface area contributed by atoms with Crippen molar-refractivity contribution in [1.29, 1.82) is 0 Å². The van der Waals surface area contributed by atoms with Gasteiger partial charge in [0.2, 0.25) is 5.96 Å². The number of ether oxygens (including phenoxy) is 1. The molecule has 0 fully saturated rings. The lowest BCUT2D eigenvalue weighted by Crippen LogP contribution is -2.49. The van der Waals surface area contributed by atoms with Crippen LogP contribution in [-0.4, -0.2) is 42.8 Å². The lowest BCUT2D eigenvalue weighted by Gasteiger charge is -2.28. The minimum Gasteiger partial charge on any atom is -0.384 e. The predicted molar refractivity (Wildman–Crippen MR) is 69.9 cm³/mol. The number of hydrogen-bond donors (Lipinski definition) is 2. The fourth-order valence-electron chi connectivity index (χ4n) is 1.41. The average molecular weight is 262 g/mol. The maximum absolute atomic E-state index is 5.99. The summed E-state index contributed by atoms with van der Waals surface area (Å²) < 4.78 is 6.38. The SMILES string of the molecule is CCCNC1=NC(C(C)COC)=NC(N)N1Cl. The summed E-state index contributed by atoms with van der Waals surface area (Å²) >= 11 is 5.99. The van der Waals surface area contributed by atoms with Crippen LogP contribution in [0.3, 0.4) is 0 Å². The Hall–Kier alpha value is -0.850. The molecule has 0 aromatic heterocycles. The highest BCUT2D eigenvalue weighted by molar-refractivity contribution is 6.23. The minimum atomic E-state index is -0.608. The summed E-state index contributed by atoms with van der Waals surface area (Å²) in [6.07, 6.45) is 0.377. The predicted octanol–water partition coefficient (Wildman–Crippen LogP) is 0.735. The molecule has 0 bridgehead atoms. The molecule has 1 heterocycles. The Morgan fingerprint density at radius 2 is 2.35 bits per heavy atom. The maximum atomic E-state index is 5.99. The van der Waals surface area contributed by atoms with Gasteiger partial charge in [0.25, 0.3) is 0 Å². The molecule has 0 aliphatic carbocycles. The molecule has 98 valence electrons. The topological polar surface area (TPSA) is 75.2 Å². The summed E-state index contributed by atoms with van der Waals surface area (Å²) in [6.45, 7) is 5.40. The van der Waals surface area contributed by atoms with Crippen molar-refractivity contribution in [3.05, 3.63) is 0 Å². The molecular weight excluding hydrogens is 242 g/mol. The van der Waals surface area contributed by atoms with Gasteiger partial charge in [0.15, 0.2) is 6.29 Å². The van der Waals surface area contributed by atoms with Gasteiger partial charge in [-0.05, 0) is 6.42 Å². The zero-order valence-electron chi connectivity index (χ0n) is 10.5. The van der Waals surface area contributed by atoms with Gasteiger partial charge in [-0.1, -0.05) is 13.8 Å². The molecule has 3 N–H and O–H groups in total. The molecule has 1 aliphatic heterocycles. The van der Waals surface area contributed by atoms with E-state index in [1.165, 1.54) is 4.42 Å². The van der Waals surface area contributed by atoms with Crippen LogP contribution in [0.5, 0.6) is 0 Å². The molecule has 2 atom stereocenters. The highest BCUT2D eigenvalue weighted by atomic mass is 35.5. The second-order valence-electron chi connectivity index (χ2n) is 3.93. The van der Waals surface area contributed by atoms with Crippen LogP contribution in [0, 0.1) is 5.92 Å². The molecule has 2 unspecified atom stereocenters. The zero-order valence-corrected chi connectivity index (χ0v) is 11.2. The van der Waals surface area contributed by atoms with Crippen molar-refractivity contribution >= 4 is 23.6 Å².